The average molecular weight is 260 g/mol. The predicted octanol–water partition coefficient (Wildman–Crippen LogP) is 1.67. The Balaban J connectivity index is 2.30. The molecule has 0 aromatic carbocycles. The van der Waals surface area contributed by atoms with Crippen molar-refractivity contribution in [1.29, 1.82) is 5.26 Å². The predicted molar refractivity (Wildman–Crippen MR) is 74.7 cm³/mol. The zero-order chi connectivity index (χ0) is 13.7. The second-order valence-electron chi connectivity index (χ2n) is 4.96. The van der Waals surface area contributed by atoms with E-state index in [4.69, 9.17) is 5.73 Å². The molecule has 0 spiro atoms. The first kappa shape index (κ1) is 13.6. The lowest BCUT2D eigenvalue weighted by atomic mass is 9.94. The molecule has 0 radical (unpaired) electrons. The topological polar surface area (TPSA) is 86.2 Å². The normalized spacial score (nSPS) is 16.0. The lowest BCUT2D eigenvalue weighted by Crippen LogP contribution is -2.39. The van der Waals surface area contributed by atoms with Crippen LogP contribution in [0.5, 0.6) is 0 Å². The van der Waals surface area contributed by atoms with Gasteiger partial charge in [-0.2, -0.15) is 5.26 Å². The van der Waals surface area contributed by atoms with Crippen LogP contribution in [-0.4, -0.2) is 29.3 Å². The molecule has 1 aliphatic carbocycles. The van der Waals surface area contributed by atoms with Crippen LogP contribution in [0.25, 0.3) is 0 Å². The van der Waals surface area contributed by atoms with Crippen LogP contribution >= 0.6 is 0 Å². The molecule has 1 aromatic rings. The fourth-order valence-electron chi connectivity index (χ4n) is 2.75. The van der Waals surface area contributed by atoms with Crippen molar-refractivity contribution < 1.29 is 5.11 Å². The molecule has 1 aromatic heterocycles. The number of aliphatic hydroxyl groups is 1. The van der Waals surface area contributed by atoms with E-state index in [0.717, 1.165) is 12.8 Å². The molecule has 1 aliphatic rings. The van der Waals surface area contributed by atoms with Gasteiger partial charge < -0.3 is 15.7 Å². The Kier molecular flexibility index (Phi) is 4.58. The Hall–Kier alpha value is -1.80. The van der Waals surface area contributed by atoms with Crippen LogP contribution in [0.2, 0.25) is 0 Å². The van der Waals surface area contributed by atoms with Gasteiger partial charge in [0.1, 0.15) is 11.9 Å². The SMILES string of the molecule is N#Cc1cc(N)cnc1N(CCO)C1CCCCC1. The van der Waals surface area contributed by atoms with Crippen molar-refractivity contribution in [2.45, 2.75) is 38.1 Å². The average Bonchev–Trinajstić information content (AvgIpc) is 2.46. The summed E-state index contributed by atoms with van der Waals surface area (Å²) in [5.41, 5.74) is 6.65. The molecule has 1 saturated carbocycles. The maximum Gasteiger partial charge on any atom is 0.146 e. The molecule has 19 heavy (non-hydrogen) atoms. The molecule has 102 valence electrons. The van der Waals surface area contributed by atoms with Crippen molar-refractivity contribution in [3.63, 3.8) is 0 Å². The van der Waals surface area contributed by atoms with E-state index in [2.05, 4.69) is 16.0 Å². The van der Waals surface area contributed by atoms with Crippen LogP contribution in [-0.2, 0) is 0 Å². The Morgan fingerprint density at radius 3 is 2.79 bits per heavy atom. The monoisotopic (exact) mass is 260 g/mol. The van der Waals surface area contributed by atoms with Crippen molar-refractivity contribution in [3.8, 4) is 6.07 Å². The molecule has 1 fully saturated rings. The third kappa shape index (κ3) is 3.15. The second-order valence-corrected chi connectivity index (χ2v) is 4.96. The summed E-state index contributed by atoms with van der Waals surface area (Å²) >= 11 is 0. The highest BCUT2D eigenvalue weighted by molar-refractivity contribution is 5.59. The zero-order valence-corrected chi connectivity index (χ0v) is 11.0. The van der Waals surface area contributed by atoms with Crippen molar-refractivity contribution >= 4 is 11.5 Å². The Morgan fingerprint density at radius 2 is 2.16 bits per heavy atom. The van der Waals surface area contributed by atoms with Gasteiger partial charge in [-0.15, -0.1) is 0 Å². The number of pyridine rings is 1. The molecule has 3 N–H and O–H groups in total. The van der Waals surface area contributed by atoms with E-state index in [0.29, 0.717) is 29.7 Å². The van der Waals surface area contributed by atoms with E-state index in [1.807, 2.05) is 0 Å². The molecule has 0 aliphatic heterocycles. The lowest BCUT2D eigenvalue weighted by molar-refractivity contribution is 0.289. The fraction of sp³-hybridized carbons (Fsp3) is 0.571. The molecular weight excluding hydrogens is 240 g/mol. The van der Waals surface area contributed by atoms with E-state index in [1.165, 1.54) is 19.3 Å². The smallest absolute Gasteiger partial charge is 0.146 e. The third-order valence-electron chi connectivity index (χ3n) is 3.64. The van der Waals surface area contributed by atoms with Crippen molar-refractivity contribution in [2.24, 2.45) is 0 Å². The molecule has 1 heterocycles. The quantitative estimate of drug-likeness (QED) is 0.860. The first-order chi connectivity index (χ1) is 9.26. The van der Waals surface area contributed by atoms with Gasteiger partial charge in [-0.3, -0.25) is 0 Å². The summed E-state index contributed by atoms with van der Waals surface area (Å²) in [7, 11) is 0. The van der Waals surface area contributed by atoms with Crippen LogP contribution in [0.3, 0.4) is 0 Å². The van der Waals surface area contributed by atoms with Gasteiger partial charge in [-0.05, 0) is 18.9 Å². The number of nitriles is 1. The van der Waals surface area contributed by atoms with Gasteiger partial charge in [0.25, 0.3) is 0 Å². The van der Waals surface area contributed by atoms with Crippen LogP contribution in [0.1, 0.15) is 37.7 Å². The van der Waals surface area contributed by atoms with Gasteiger partial charge in [-0.1, -0.05) is 19.3 Å². The van der Waals surface area contributed by atoms with Crippen LogP contribution < -0.4 is 10.6 Å². The van der Waals surface area contributed by atoms with Crippen molar-refractivity contribution in [2.75, 3.05) is 23.8 Å². The maximum absolute atomic E-state index is 9.27. The van der Waals surface area contributed by atoms with Crippen LogP contribution in [0.15, 0.2) is 12.3 Å². The summed E-state index contributed by atoms with van der Waals surface area (Å²) < 4.78 is 0. The number of aliphatic hydroxyl groups excluding tert-OH is 1. The van der Waals surface area contributed by atoms with Gasteiger partial charge in [0.2, 0.25) is 0 Å². The molecule has 0 unspecified atom stereocenters. The molecule has 0 atom stereocenters. The van der Waals surface area contributed by atoms with Gasteiger partial charge in [0.05, 0.1) is 24.1 Å². The fourth-order valence-corrected chi connectivity index (χ4v) is 2.75. The molecule has 5 heteroatoms. The minimum absolute atomic E-state index is 0.0629. The van der Waals surface area contributed by atoms with E-state index < -0.39 is 0 Å². The summed E-state index contributed by atoms with van der Waals surface area (Å²) in [5.74, 6) is 0.651. The standard InChI is InChI=1S/C14H20N4O/c15-9-11-8-12(16)10-17-14(11)18(6-7-19)13-4-2-1-3-5-13/h8,10,13,19H,1-7,16H2. The summed E-state index contributed by atoms with van der Waals surface area (Å²) in [6.07, 6.45) is 7.42. The Labute approximate surface area is 113 Å². The second kappa shape index (κ2) is 6.39. The highest BCUT2D eigenvalue weighted by atomic mass is 16.3. The summed E-state index contributed by atoms with van der Waals surface area (Å²) in [6.45, 7) is 0.573. The van der Waals surface area contributed by atoms with Crippen LogP contribution in [0.4, 0.5) is 11.5 Å². The minimum Gasteiger partial charge on any atom is -0.397 e. The van der Waals surface area contributed by atoms with E-state index in [-0.39, 0.29) is 6.61 Å². The molecule has 2 rings (SSSR count). The number of anilines is 2. The summed E-state index contributed by atoms with van der Waals surface area (Å²) in [5, 5.41) is 18.5. The van der Waals surface area contributed by atoms with Gasteiger partial charge in [0.15, 0.2) is 0 Å². The Bertz CT molecular complexity index is 463. The number of nitrogens with two attached hydrogens (primary N) is 1. The first-order valence-electron chi connectivity index (χ1n) is 6.79. The molecular formula is C14H20N4O. The maximum atomic E-state index is 9.27. The molecule has 0 bridgehead atoms. The number of aromatic nitrogens is 1. The third-order valence-corrected chi connectivity index (χ3v) is 3.64. The Morgan fingerprint density at radius 1 is 1.42 bits per heavy atom. The number of nitrogen functional groups attached to an aromatic ring is 1. The van der Waals surface area contributed by atoms with Crippen LogP contribution in [0, 0.1) is 11.3 Å². The van der Waals surface area contributed by atoms with Gasteiger partial charge in [-0.25, -0.2) is 4.98 Å². The van der Waals surface area contributed by atoms with E-state index in [1.54, 1.807) is 12.3 Å². The van der Waals surface area contributed by atoms with Gasteiger partial charge >= 0.3 is 0 Å². The number of hydrogen-bond donors (Lipinski definition) is 2. The van der Waals surface area contributed by atoms with Crippen molar-refractivity contribution in [3.05, 3.63) is 17.8 Å². The number of rotatable bonds is 4. The largest absolute Gasteiger partial charge is 0.397 e. The summed E-state index contributed by atoms with van der Waals surface area (Å²) in [6, 6.07) is 4.16. The highest BCUT2D eigenvalue weighted by Gasteiger charge is 2.24. The zero-order valence-electron chi connectivity index (χ0n) is 11.0. The van der Waals surface area contributed by atoms with Crippen molar-refractivity contribution in [1.82, 2.24) is 4.98 Å². The lowest BCUT2D eigenvalue weighted by Gasteiger charge is -2.35. The number of hydrogen-bond acceptors (Lipinski definition) is 5. The van der Waals surface area contributed by atoms with Gasteiger partial charge in [0, 0.05) is 12.6 Å². The molecule has 0 saturated heterocycles. The first-order valence-corrected chi connectivity index (χ1v) is 6.79. The molecule has 0 amide bonds. The summed E-state index contributed by atoms with van der Waals surface area (Å²) in [4.78, 5) is 6.38. The molecule has 5 nitrogen and oxygen atoms in total. The van der Waals surface area contributed by atoms with E-state index >= 15 is 0 Å². The number of nitrogens with zero attached hydrogens (tertiary/aromatic N) is 3. The highest BCUT2D eigenvalue weighted by Crippen LogP contribution is 2.28. The minimum atomic E-state index is 0.0629. The van der Waals surface area contributed by atoms with E-state index in [9.17, 15) is 10.4 Å².